The number of nitrogens with zero attached hydrogens (tertiary/aromatic N) is 2. The van der Waals surface area contributed by atoms with E-state index in [1.54, 1.807) is 0 Å². The Kier molecular flexibility index (Phi) is 3.40. The van der Waals surface area contributed by atoms with E-state index in [0.29, 0.717) is 19.8 Å². The Hall–Kier alpha value is -1.59. The fraction of sp³-hybridized carbons (Fsp3) is 0.357. The first-order chi connectivity index (χ1) is 9.27. The Morgan fingerprint density at radius 2 is 2.32 bits per heavy atom. The molecule has 1 aliphatic rings. The van der Waals surface area contributed by atoms with Gasteiger partial charge in [0, 0.05) is 25.5 Å². The van der Waals surface area contributed by atoms with Gasteiger partial charge in [0.2, 0.25) is 0 Å². The van der Waals surface area contributed by atoms with E-state index in [-0.39, 0.29) is 11.9 Å². The summed E-state index contributed by atoms with van der Waals surface area (Å²) in [6, 6.07) is 7.84. The van der Waals surface area contributed by atoms with Crippen LogP contribution in [0.25, 0.3) is 0 Å². The van der Waals surface area contributed by atoms with E-state index in [4.69, 9.17) is 4.74 Å². The number of thiophene rings is 1. The van der Waals surface area contributed by atoms with Crippen LogP contribution in [0.5, 0.6) is 0 Å². The summed E-state index contributed by atoms with van der Waals surface area (Å²) >= 11 is 1.49. The molecule has 19 heavy (non-hydrogen) atoms. The van der Waals surface area contributed by atoms with Crippen molar-refractivity contribution in [3.8, 4) is 0 Å². The molecule has 2 aromatic heterocycles. The van der Waals surface area contributed by atoms with Crippen LogP contribution in [0.2, 0.25) is 0 Å². The van der Waals surface area contributed by atoms with Crippen LogP contribution >= 0.6 is 11.3 Å². The third kappa shape index (κ3) is 2.31. The van der Waals surface area contributed by atoms with Crippen LogP contribution in [0, 0.1) is 0 Å². The maximum atomic E-state index is 12.5. The number of aromatic nitrogens is 1. The van der Waals surface area contributed by atoms with Gasteiger partial charge < -0.3 is 14.2 Å². The molecular weight excluding hydrogens is 260 g/mol. The van der Waals surface area contributed by atoms with Crippen molar-refractivity contribution in [2.45, 2.75) is 6.04 Å². The largest absolute Gasteiger partial charge is 0.377 e. The molecule has 1 atom stereocenters. The smallest absolute Gasteiger partial charge is 0.264 e. The summed E-state index contributed by atoms with van der Waals surface area (Å²) in [4.78, 5) is 15.3. The van der Waals surface area contributed by atoms with Crippen molar-refractivity contribution in [1.82, 2.24) is 9.47 Å². The molecule has 0 radical (unpaired) electrons. The second-order valence-corrected chi connectivity index (χ2v) is 5.56. The van der Waals surface area contributed by atoms with Gasteiger partial charge in [0.05, 0.1) is 24.1 Å². The number of carbonyl (C=O) groups excluding carboxylic acids is 1. The average molecular weight is 276 g/mol. The van der Waals surface area contributed by atoms with Crippen molar-refractivity contribution >= 4 is 17.2 Å². The number of carbonyl (C=O) groups is 1. The molecule has 3 heterocycles. The van der Waals surface area contributed by atoms with Crippen LogP contribution in [-0.4, -0.2) is 35.1 Å². The van der Waals surface area contributed by atoms with Crippen LogP contribution in [0.4, 0.5) is 0 Å². The van der Waals surface area contributed by atoms with E-state index in [1.807, 2.05) is 52.4 Å². The second kappa shape index (κ2) is 5.19. The zero-order valence-corrected chi connectivity index (χ0v) is 11.6. The highest BCUT2D eigenvalue weighted by molar-refractivity contribution is 7.12. The second-order valence-electron chi connectivity index (χ2n) is 4.61. The topological polar surface area (TPSA) is 34.5 Å². The Labute approximate surface area is 116 Å². The number of ether oxygens (including phenoxy) is 1. The fourth-order valence-corrected chi connectivity index (χ4v) is 3.13. The van der Waals surface area contributed by atoms with Crippen LogP contribution < -0.4 is 0 Å². The van der Waals surface area contributed by atoms with Crippen LogP contribution in [0.1, 0.15) is 21.4 Å². The highest BCUT2D eigenvalue weighted by atomic mass is 32.1. The minimum absolute atomic E-state index is 0.00310. The highest BCUT2D eigenvalue weighted by Gasteiger charge is 2.30. The molecule has 1 saturated heterocycles. The number of rotatable bonds is 2. The van der Waals surface area contributed by atoms with Gasteiger partial charge in [0.25, 0.3) is 5.91 Å². The summed E-state index contributed by atoms with van der Waals surface area (Å²) in [5.41, 5.74) is 1.12. The third-order valence-electron chi connectivity index (χ3n) is 3.45. The molecule has 0 aliphatic carbocycles. The van der Waals surface area contributed by atoms with Gasteiger partial charge in [0.15, 0.2) is 0 Å². The van der Waals surface area contributed by atoms with Crippen molar-refractivity contribution < 1.29 is 9.53 Å². The summed E-state index contributed by atoms with van der Waals surface area (Å²) < 4.78 is 7.60. The minimum Gasteiger partial charge on any atom is -0.377 e. The molecule has 0 aromatic carbocycles. The molecule has 5 heteroatoms. The zero-order valence-electron chi connectivity index (χ0n) is 10.8. The monoisotopic (exact) mass is 276 g/mol. The van der Waals surface area contributed by atoms with Gasteiger partial charge in [-0.2, -0.15) is 0 Å². The summed E-state index contributed by atoms with van der Waals surface area (Å²) in [5, 5.41) is 1.94. The van der Waals surface area contributed by atoms with Gasteiger partial charge in [-0.25, -0.2) is 0 Å². The molecule has 2 aromatic rings. The molecule has 0 unspecified atom stereocenters. The lowest BCUT2D eigenvalue weighted by Crippen LogP contribution is -2.43. The molecular formula is C14H16N2O2S. The zero-order chi connectivity index (χ0) is 13.2. The van der Waals surface area contributed by atoms with Crippen LogP contribution in [0.3, 0.4) is 0 Å². The van der Waals surface area contributed by atoms with Crippen molar-refractivity contribution in [2.24, 2.45) is 7.05 Å². The molecule has 0 spiro atoms. The van der Waals surface area contributed by atoms with E-state index in [9.17, 15) is 4.79 Å². The van der Waals surface area contributed by atoms with Crippen molar-refractivity contribution in [2.75, 3.05) is 19.8 Å². The Balaban J connectivity index is 1.90. The summed E-state index contributed by atoms with van der Waals surface area (Å²) in [7, 11) is 2.00. The van der Waals surface area contributed by atoms with Gasteiger partial charge in [-0.1, -0.05) is 6.07 Å². The first-order valence-electron chi connectivity index (χ1n) is 6.31. The lowest BCUT2D eigenvalue weighted by Gasteiger charge is -2.35. The highest BCUT2D eigenvalue weighted by Crippen LogP contribution is 2.27. The average Bonchev–Trinajstić information content (AvgIpc) is 3.09. The number of morpholine rings is 1. The normalized spacial score (nSPS) is 19.6. The molecule has 1 aliphatic heterocycles. The Morgan fingerprint density at radius 1 is 1.42 bits per heavy atom. The molecule has 3 rings (SSSR count). The van der Waals surface area contributed by atoms with E-state index in [0.717, 1.165) is 10.6 Å². The van der Waals surface area contributed by atoms with E-state index in [2.05, 4.69) is 0 Å². The first-order valence-corrected chi connectivity index (χ1v) is 7.19. The molecule has 1 amide bonds. The van der Waals surface area contributed by atoms with E-state index >= 15 is 0 Å². The third-order valence-corrected chi connectivity index (χ3v) is 4.30. The fourth-order valence-electron chi connectivity index (χ4n) is 2.45. The minimum atomic E-state index is 0.00310. The van der Waals surface area contributed by atoms with Gasteiger partial charge in [-0.3, -0.25) is 4.79 Å². The van der Waals surface area contributed by atoms with Crippen LogP contribution in [0.15, 0.2) is 35.8 Å². The van der Waals surface area contributed by atoms with Crippen molar-refractivity contribution in [3.63, 3.8) is 0 Å². The maximum Gasteiger partial charge on any atom is 0.264 e. The van der Waals surface area contributed by atoms with Crippen molar-refractivity contribution in [1.29, 1.82) is 0 Å². The standard InChI is InChI=1S/C14H16N2O2S/c1-15-6-2-4-11(15)12-10-18-8-7-16(12)14(17)13-5-3-9-19-13/h2-6,9,12H,7-8,10H2,1H3/t12-/m0/s1. The maximum absolute atomic E-state index is 12.5. The van der Waals surface area contributed by atoms with Gasteiger partial charge in [-0.15, -0.1) is 11.3 Å². The number of aryl methyl sites for hydroxylation is 1. The van der Waals surface area contributed by atoms with Crippen molar-refractivity contribution in [3.05, 3.63) is 46.4 Å². The van der Waals surface area contributed by atoms with E-state index < -0.39 is 0 Å². The summed E-state index contributed by atoms with van der Waals surface area (Å²) in [5.74, 6) is 0.101. The molecule has 100 valence electrons. The number of hydrogen-bond donors (Lipinski definition) is 0. The molecule has 0 saturated carbocycles. The lowest BCUT2D eigenvalue weighted by atomic mass is 10.1. The SMILES string of the molecule is Cn1cccc1[C@@H]1COCCN1C(=O)c1cccs1. The van der Waals surface area contributed by atoms with Crippen LogP contribution in [-0.2, 0) is 11.8 Å². The lowest BCUT2D eigenvalue weighted by molar-refractivity contribution is -0.00437. The predicted molar refractivity (Wildman–Crippen MR) is 74.3 cm³/mol. The summed E-state index contributed by atoms with van der Waals surface area (Å²) in [6.07, 6.45) is 2.00. The first kappa shape index (κ1) is 12.4. The molecule has 1 fully saturated rings. The molecule has 4 nitrogen and oxygen atoms in total. The molecule has 0 bridgehead atoms. The van der Waals surface area contributed by atoms with Gasteiger partial charge in [-0.05, 0) is 23.6 Å². The van der Waals surface area contributed by atoms with Gasteiger partial charge >= 0.3 is 0 Å². The van der Waals surface area contributed by atoms with Gasteiger partial charge in [0.1, 0.15) is 0 Å². The number of hydrogen-bond acceptors (Lipinski definition) is 3. The Morgan fingerprint density at radius 3 is 3.00 bits per heavy atom. The number of amides is 1. The molecule has 0 N–H and O–H groups in total. The predicted octanol–water partition coefficient (Wildman–Crippen LogP) is 2.30. The van der Waals surface area contributed by atoms with E-state index in [1.165, 1.54) is 11.3 Å². The summed E-state index contributed by atoms with van der Waals surface area (Å²) in [6.45, 7) is 1.82. The quantitative estimate of drug-likeness (QED) is 0.843. The Bertz CT molecular complexity index is 562.